The van der Waals surface area contributed by atoms with Crippen molar-refractivity contribution in [3.63, 3.8) is 0 Å². The number of hydrogen-bond acceptors (Lipinski definition) is 3. The molecule has 4 heteroatoms. The van der Waals surface area contributed by atoms with Crippen LogP contribution in [0.1, 0.15) is 38.0 Å². The van der Waals surface area contributed by atoms with E-state index < -0.39 is 11.8 Å². The van der Waals surface area contributed by atoms with Gasteiger partial charge in [-0.05, 0) is 32.9 Å². The Morgan fingerprint density at radius 3 is 2.06 bits per heavy atom. The third-order valence-electron chi connectivity index (χ3n) is 2.64. The van der Waals surface area contributed by atoms with Crippen LogP contribution < -0.4 is 9.47 Å². The van der Waals surface area contributed by atoms with Crippen LogP contribution in [-0.2, 0) is 5.67 Å². The maximum absolute atomic E-state index is 14.0. The van der Waals surface area contributed by atoms with Crippen LogP contribution >= 0.6 is 0 Å². The molecule has 0 heterocycles. The molecule has 17 heavy (non-hydrogen) atoms. The summed E-state index contributed by atoms with van der Waals surface area (Å²) in [5.74, 6) is 0.871. The van der Waals surface area contributed by atoms with Gasteiger partial charge in [0.1, 0.15) is 17.2 Å². The third kappa shape index (κ3) is 2.88. The Morgan fingerprint density at radius 1 is 1.18 bits per heavy atom. The van der Waals surface area contributed by atoms with E-state index in [2.05, 4.69) is 0 Å². The fourth-order valence-electron chi connectivity index (χ4n) is 1.71. The summed E-state index contributed by atoms with van der Waals surface area (Å²) in [6, 6.07) is 3.18. The molecule has 0 aliphatic carbocycles. The van der Waals surface area contributed by atoms with Gasteiger partial charge in [0.15, 0.2) is 0 Å². The molecule has 0 saturated carbocycles. The highest BCUT2D eigenvalue weighted by molar-refractivity contribution is 5.49. The minimum absolute atomic E-state index is 0.404. The van der Waals surface area contributed by atoms with Gasteiger partial charge in [0.2, 0.25) is 0 Å². The Morgan fingerprint density at radius 2 is 1.71 bits per heavy atom. The van der Waals surface area contributed by atoms with E-state index in [1.54, 1.807) is 19.1 Å². The Hall–Kier alpha value is -1.29. The minimum Gasteiger partial charge on any atom is -0.496 e. The standard InChI is InChI=1S/C13H19FO3/c1-8(15)9-6-12(17-5)10(13(2,3)14)7-11(9)16-4/h6-8,15H,1-5H3. The molecule has 0 saturated heterocycles. The number of alkyl halides is 1. The second-order valence-corrected chi connectivity index (χ2v) is 4.44. The van der Waals surface area contributed by atoms with Crippen molar-refractivity contribution in [2.75, 3.05) is 14.2 Å². The summed E-state index contributed by atoms with van der Waals surface area (Å²) in [5.41, 5.74) is -0.547. The lowest BCUT2D eigenvalue weighted by Gasteiger charge is -2.21. The Bertz CT molecular complexity index is 394. The van der Waals surface area contributed by atoms with E-state index in [1.165, 1.54) is 28.1 Å². The minimum atomic E-state index is -1.53. The molecule has 0 bridgehead atoms. The van der Waals surface area contributed by atoms with Crippen molar-refractivity contribution >= 4 is 0 Å². The molecule has 96 valence electrons. The summed E-state index contributed by atoms with van der Waals surface area (Å²) in [4.78, 5) is 0. The molecular weight excluding hydrogens is 223 g/mol. The van der Waals surface area contributed by atoms with Gasteiger partial charge in [-0.15, -0.1) is 0 Å². The van der Waals surface area contributed by atoms with E-state index in [4.69, 9.17) is 9.47 Å². The quantitative estimate of drug-likeness (QED) is 0.882. The highest BCUT2D eigenvalue weighted by Crippen LogP contribution is 2.39. The lowest BCUT2D eigenvalue weighted by molar-refractivity contribution is 0.190. The number of halogens is 1. The van der Waals surface area contributed by atoms with Gasteiger partial charge in [0, 0.05) is 11.1 Å². The second-order valence-electron chi connectivity index (χ2n) is 4.44. The molecular formula is C13H19FO3. The van der Waals surface area contributed by atoms with Gasteiger partial charge in [-0.1, -0.05) is 0 Å². The lowest BCUT2D eigenvalue weighted by Crippen LogP contribution is -2.12. The van der Waals surface area contributed by atoms with Crippen molar-refractivity contribution in [2.24, 2.45) is 0 Å². The van der Waals surface area contributed by atoms with Crippen LogP contribution in [0.4, 0.5) is 4.39 Å². The van der Waals surface area contributed by atoms with Gasteiger partial charge in [0.25, 0.3) is 0 Å². The lowest BCUT2D eigenvalue weighted by atomic mass is 9.95. The van der Waals surface area contributed by atoms with Crippen molar-refractivity contribution in [3.8, 4) is 11.5 Å². The highest BCUT2D eigenvalue weighted by Gasteiger charge is 2.26. The molecule has 1 aromatic carbocycles. The summed E-state index contributed by atoms with van der Waals surface area (Å²) in [5, 5.41) is 9.62. The van der Waals surface area contributed by atoms with Crippen LogP contribution in [0.25, 0.3) is 0 Å². The molecule has 3 nitrogen and oxygen atoms in total. The number of aliphatic hydroxyl groups excluding tert-OH is 1. The maximum Gasteiger partial charge on any atom is 0.134 e. The zero-order chi connectivity index (χ0) is 13.2. The first-order chi connectivity index (χ1) is 7.81. The number of benzene rings is 1. The first-order valence-corrected chi connectivity index (χ1v) is 5.44. The molecule has 1 rings (SSSR count). The zero-order valence-corrected chi connectivity index (χ0v) is 10.9. The molecule has 1 N–H and O–H groups in total. The summed E-state index contributed by atoms with van der Waals surface area (Å²) in [6.45, 7) is 4.52. The monoisotopic (exact) mass is 242 g/mol. The first-order valence-electron chi connectivity index (χ1n) is 5.44. The van der Waals surface area contributed by atoms with Crippen LogP contribution in [-0.4, -0.2) is 19.3 Å². The fourth-order valence-corrected chi connectivity index (χ4v) is 1.71. The summed E-state index contributed by atoms with van der Waals surface area (Å²) in [6.07, 6.45) is -0.698. The zero-order valence-electron chi connectivity index (χ0n) is 10.9. The van der Waals surface area contributed by atoms with Crippen LogP contribution in [0.2, 0.25) is 0 Å². The van der Waals surface area contributed by atoms with Gasteiger partial charge in [-0.3, -0.25) is 0 Å². The molecule has 0 spiro atoms. The number of aliphatic hydroxyl groups is 1. The molecule has 0 aliphatic heterocycles. The average molecular weight is 242 g/mol. The van der Waals surface area contributed by atoms with Crippen LogP contribution in [0.15, 0.2) is 12.1 Å². The predicted molar refractivity (Wildman–Crippen MR) is 64.3 cm³/mol. The van der Waals surface area contributed by atoms with E-state index in [9.17, 15) is 9.50 Å². The Balaban J connectivity index is 3.44. The van der Waals surface area contributed by atoms with E-state index in [-0.39, 0.29) is 0 Å². The molecule has 0 amide bonds. The summed E-state index contributed by atoms with van der Waals surface area (Å²) >= 11 is 0. The van der Waals surface area contributed by atoms with Crippen molar-refractivity contribution in [2.45, 2.75) is 32.5 Å². The molecule has 1 unspecified atom stereocenters. The molecule has 0 aliphatic rings. The smallest absolute Gasteiger partial charge is 0.134 e. The van der Waals surface area contributed by atoms with Gasteiger partial charge >= 0.3 is 0 Å². The Labute approximate surface area is 101 Å². The average Bonchev–Trinajstić information content (AvgIpc) is 2.25. The second kappa shape index (κ2) is 4.92. The van der Waals surface area contributed by atoms with Gasteiger partial charge < -0.3 is 14.6 Å². The molecule has 1 atom stereocenters. The first kappa shape index (κ1) is 13.8. The van der Waals surface area contributed by atoms with E-state index in [1.807, 2.05) is 0 Å². The van der Waals surface area contributed by atoms with E-state index >= 15 is 0 Å². The predicted octanol–water partition coefficient (Wildman–Crippen LogP) is 2.96. The Kier molecular flexibility index (Phi) is 3.98. The fraction of sp³-hybridized carbons (Fsp3) is 0.538. The summed E-state index contributed by atoms with van der Waals surface area (Å²) in [7, 11) is 2.96. The number of rotatable bonds is 4. The van der Waals surface area contributed by atoms with E-state index in [0.29, 0.717) is 22.6 Å². The molecule has 0 aromatic heterocycles. The topological polar surface area (TPSA) is 38.7 Å². The molecule has 0 radical (unpaired) electrons. The van der Waals surface area contributed by atoms with Gasteiger partial charge in [-0.25, -0.2) is 4.39 Å². The number of methoxy groups -OCH3 is 2. The number of hydrogen-bond donors (Lipinski definition) is 1. The van der Waals surface area contributed by atoms with Crippen molar-refractivity contribution < 1.29 is 19.0 Å². The van der Waals surface area contributed by atoms with Gasteiger partial charge in [0.05, 0.1) is 20.3 Å². The van der Waals surface area contributed by atoms with Crippen molar-refractivity contribution in [1.29, 1.82) is 0 Å². The SMILES string of the molecule is COc1cc(C(C)(C)F)c(OC)cc1C(C)O. The van der Waals surface area contributed by atoms with Crippen molar-refractivity contribution in [1.82, 2.24) is 0 Å². The number of ether oxygens (including phenoxy) is 2. The van der Waals surface area contributed by atoms with Crippen molar-refractivity contribution in [3.05, 3.63) is 23.3 Å². The summed E-state index contributed by atoms with van der Waals surface area (Å²) < 4.78 is 24.3. The van der Waals surface area contributed by atoms with Crippen LogP contribution in [0, 0.1) is 0 Å². The third-order valence-corrected chi connectivity index (χ3v) is 2.64. The van der Waals surface area contributed by atoms with Crippen LogP contribution in [0.3, 0.4) is 0 Å². The molecule has 0 fully saturated rings. The molecule has 1 aromatic rings. The normalized spacial score (nSPS) is 13.4. The maximum atomic E-state index is 14.0. The largest absolute Gasteiger partial charge is 0.496 e. The highest BCUT2D eigenvalue weighted by atomic mass is 19.1. The van der Waals surface area contributed by atoms with E-state index in [0.717, 1.165) is 0 Å². The van der Waals surface area contributed by atoms with Crippen LogP contribution in [0.5, 0.6) is 11.5 Å². The van der Waals surface area contributed by atoms with Gasteiger partial charge in [-0.2, -0.15) is 0 Å².